The maximum atomic E-state index is 12.0. The Bertz CT molecular complexity index is 698. The zero-order valence-corrected chi connectivity index (χ0v) is 14.6. The molecule has 2 N–H and O–H groups in total. The number of thiophene rings is 1. The van der Waals surface area contributed by atoms with Crippen LogP contribution in [-0.4, -0.2) is 41.5 Å². The van der Waals surface area contributed by atoms with Gasteiger partial charge in [0, 0.05) is 6.54 Å². The molecule has 0 radical (unpaired) electrons. The summed E-state index contributed by atoms with van der Waals surface area (Å²) in [7, 11) is 1.30. The lowest BCUT2D eigenvalue weighted by Gasteiger charge is -2.04. The van der Waals surface area contributed by atoms with Gasteiger partial charge in [0.1, 0.15) is 4.88 Å². The first-order chi connectivity index (χ1) is 11.1. The van der Waals surface area contributed by atoms with Crippen LogP contribution in [0.4, 0.5) is 10.8 Å². The minimum absolute atomic E-state index is 0.173. The van der Waals surface area contributed by atoms with E-state index in [1.165, 1.54) is 41.5 Å². The van der Waals surface area contributed by atoms with Crippen molar-refractivity contribution in [2.24, 2.45) is 0 Å². The van der Waals surface area contributed by atoms with E-state index >= 15 is 0 Å². The molecular weight excluding hydrogens is 356 g/mol. The second kappa shape index (κ2) is 8.65. The van der Waals surface area contributed by atoms with E-state index in [2.05, 4.69) is 32.1 Å². The summed E-state index contributed by atoms with van der Waals surface area (Å²) in [5.41, 5.74) is 0.457. The highest BCUT2D eigenvalue weighted by molar-refractivity contribution is 8.01. The average Bonchev–Trinajstić information content (AvgIpc) is 3.19. The van der Waals surface area contributed by atoms with E-state index in [9.17, 15) is 9.59 Å². The second-order valence-corrected chi connectivity index (χ2v) is 7.15. The Kier molecular flexibility index (Phi) is 6.56. The SMILES string of the molecule is C=CCNc1nnc(SCC(=O)Nc2ccsc2C(=O)OC)s1. The normalized spacial score (nSPS) is 10.1. The summed E-state index contributed by atoms with van der Waals surface area (Å²) in [6.07, 6.45) is 1.72. The van der Waals surface area contributed by atoms with Crippen LogP contribution < -0.4 is 10.6 Å². The first-order valence-electron chi connectivity index (χ1n) is 6.40. The number of nitrogens with zero attached hydrogens (tertiary/aromatic N) is 2. The first kappa shape index (κ1) is 17.4. The number of methoxy groups -OCH3 is 1. The fraction of sp³-hybridized carbons (Fsp3) is 0.231. The molecule has 0 bridgehead atoms. The Morgan fingerprint density at radius 1 is 1.48 bits per heavy atom. The molecule has 0 atom stereocenters. The highest BCUT2D eigenvalue weighted by Crippen LogP contribution is 2.26. The van der Waals surface area contributed by atoms with Crippen LogP contribution in [0.5, 0.6) is 0 Å². The van der Waals surface area contributed by atoms with E-state index in [0.717, 1.165) is 0 Å². The van der Waals surface area contributed by atoms with Crippen LogP contribution in [0.3, 0.4) is 0 Å². The molecular formula is C13H14N4O3S3. The number of ether oxygens (including phenoxy) is 1. The Hall–Kier alpha value is -1.91. The number of amides is 1. The molecule has 10 heteroatoms. The largest absolute Gasteiger partial charge is 0.465 e. The van der Waals surface area contributed by atoms with Gasteiger partial charge in [0.2, 0.25) is 11.0 Å². The second-order valence-electron chi connectivity index (χ2n) is 4.03. The molecule has 2 aromatic heterocycles. The first-order valence-corrected chi connectivity index (χ1v) is 9.09. The molecule has 0 saturated carbocycles. The van der Waals surface area contributed by atoms with Crippen LogP contribution in [0, 0.1) is 0 Å². The summed E-state index contributed by atoms with van der Waals surface area (Å²) in [4.78, 5) is 23.9. The van der Waals surface area contributed by atoms with Gasteiger partial charge in [0.25, 0.3) is 0 Å². The van der Waals surface area contributed by atoms with Crippen LogP contribution in [-0.2, 0) is 9.53 Å². The highest BCUT2D eigenvalue weighted by Gasteiger charge is 2.16. The van der Waals surface area contributed by atoms with Crippen LogP contribution in [0.25, 0.3) is 0 Å². The third-order valence-corrected chi connectivity index (χ3v) is 5.35. The van der Waals surface area contributed by atoms with Crippen molar-refractivity contribution >= 4 is 57.1 Å². The quantitative estimate of drug-likeness (QED) is 0.419. The monoisotopic (exact) mass is 370 g/mol. The molecule has 2 rings (SSSR count). The molecule has 0 spiro atoms. The summed E-state index contributed by atoms with van der Waals surface area (Å²) < 4.78 is 5.35. The molecule has 2 heterocycles. The fourth-order valence-corrected chi connectivity index (χ4v) is 3.80. The van der Waals surface area contributed by atoms with Crippen molar-refractivity contribution in [3.8, 4) is 0 Å². The van der Waals surface area contributed by atoms with Crippen LogP contribution in [0.2, 0.25) is 0 Å². The lowest BCUT2D eigenvalue weighted by Crippen LogP contribution is -2.15. The number of anilines is 2. The van der Waals surface area contributed by atoms with Gasteiger partial charge in [0.05, 0.1) is 18.6 Å². The molecule has 0 aliphatic heterocycles. The predicted molar refractivity (Wildman–Crippen MR) is 93.6 cm³/mol. The molecule has 1 amide bonds. The lowest BCUT2D eigenvalue weighted by molar-refractivity contribution is -0.113. The number of carbonyl (C=O) groups is 2. The van der Waals surface area contributed by atoms with Gasteiger partial charge in [0.15, 0.2) is 4.34 Å². The zero-order chi connectivity index (χ0) is 16.7. The van der Waals surface area contributed by atoms with Gasteiger partial charge in [-0.25, -0.2) is 4.79 Å². The van der Waals surface area contributed by atoms with Gasteiger partial charge < -0.3 is 15.4 Å². The van der Waals surface area contributed by atoms with Crippen molar-refractivity contribution in [3.63, 3.8) is 0 Å². The third-order valence-electron chi connectivity index (χ3n) is 2.44. The van der Waals surface area contributed by atoms with E-state index in [4.69, 9.17) is 0 Å². The number of hydrogen-bond acceptors (Lipinski definition) is 9. The van der Waals surface area contributed by atoms with E-state index in [1.54, 1.807) is 17.5 Å². The number of nitrogens with one attached hydrogen (secondary N) is 2. The van der Waals surface area contributed by atoms with Crippen molar-refractivity contribution in [2.45, 2.75) is 4.34 Å². The summed E-state index contributed by atoms with van der Waals surface area (Å²) in [5, 5.41) is 16.1. The maximum Gasteiger partial charge on any atom is 0.350 e. The molecule has 0 unspecified atom stereocenters. The summed E-state index contributed by atoms with van der Waals surface area (Å²) >= 11 is 3.86. The lowest BCUT2D eigenvalue weighted by atomic mass is 10.4. The van der Waals surface area contributed by atoms with Gasteiger partial charge in [-0.3, -0.25) is 4.79 Å². The smallest absolute Gasteiger partial charge is 0.350 e. The standard InChI is InChI=1S/C13H14N4O3S3/c1-3-5-14-12-16-17-13(23-12)22-7-9(18)15-8-4-6-21-10(8)11(19)20-2/h3-4,6H,1,5,7H2,2H3,(H,14,16)(H,15,18). The van der Waals surface area contributed by atoms with Gasteiger partial charge >= 0.3 is 5.97 Å². The summed E-state index contributed by atoms with van der Waals surface area (Å²) in [5.74, 6) is -0.522. The minimum atomic E-state index is -0.468. The number of esters is 1. The van der Waals surface area contributed by atoms with Crippen molar-refractivity contribution in [2.75, 3.05) is 30.0 Å². The number of carbonyl (C=O) groups excluding carboxylic acids is 2. The Balaban J connectivity index is 1.86. The van der Waals surface area contributed by atoms with Gasteiger partial charge in [-0.2, -0.15) is 0 Å². The Morgan fingerprint density at radius 2 is 2.30 bits per heavy atom. The van der Waals surface area contributed by atoms with Crippen molar-refractivity contribution in [3.05, 3.63) is 29.0 Å². The molecule has 0 saturated heterocycles. The molecule has 2 aromatic rings. The Labute approximate surface area is 145 Å². The molecule has 0 aliphatic carbocycles. The molecule has 0 aliphatic rings. The van der Waals surface area contributed by atoms with E-state index in [0.29, 0.717) is 26.6 Å². The molecule has 122 valence electrons. The van der Waals surface area contributed by atoms with Crippen LogP contribution in [0.1, 0.15) is 9.67 Å². The van der Waals surface area contributed by atoms with E-state index in [-0.39, 0.29) is 11.7 Å². The summed E-state index contributed by atoms with van der Waals surface area (Å²) in [6, 6.07) is 1.67. The van der Waals surface area contributed by atoms with Crippen molar-refractivity contribution in [1.29, 1.82) is 0 Å². The minimum Gasteiger partial charge on any atom is -0.465 e. The van der Waals surface area contributed by atoms with E-state index < -0.39 is 5.97 Å². The predicted octanol–water partition coefficient (Wildman–Crippen LogP) is 2.71. The number of aromatic nitrogens is 2. The zero-order valence-electron chi connectivity index (χ0n) is 12.2. The fourth-order valence-electron chi connectivity index (χ4n) is 1.47. The highest BCUT2D eigenvalue weighted by atomic mass is 32.2. The van der Waals surface area contributed by atoms with Gasteiger partial charge in [-0.1, -0.05) is 29.2 Å². The van der Waals surface area contributed by atoms with Crippen molar-refractivity contribution < 1.29 is 14.3 Å². The van der Waals surface area contributed by atoms with Crippen LogP contribution in [0.15, 0.2) is 28.4 Å². The topological polar surface area (TPSA) is 93.2 Å². The van der Waals surface area contributed by atoms with Crippen LogP contribution >= 0.6 is 34.4 Å². The molecule has 0 aromatic carbocycles. The van der Waals surface area contributed by atoms with Crippen molar-refractivity contribution in [1.82, 2.24) is 10.2 Å². The third kappa shape index (κ3) is 5.05. The number of hydrogen-bond donors (Lipinski definition) is 2. The molecule has 0 fully saturated rings. The van der Waals surface area contributed by atoms with Gasteiger partial charge in [-0.05, 0) is 11.4 Å². The Morgan fingerprint density at radius 3 is 3.04 bits per heavy atom. The molecule has 23 heavy (non-hydrogen) atoms. The molecule has 7 nitrogen and oxygen atoms in total. The average molecular weight is 370 g/mol. The number of rotatable bonds is 8. The van der Waals surface area contributed by atoms with Gasteiger partial charge in [-0.15, -0.1) is 28.1 Å². The summed E-state index contributed by atoms with van der Waals surface area (Å²) in [6.45, 7) is 4.21. The van der Waals surface area contributed by atoms with E-state index in [1.807, 2.05) is 0 Å². The number of thioether (sulfide) groups is 1. The maximum absolute atomic E-state index is 12.0.